The minimum absolute atomic E-state index is 0.204. The number of carboxylic acids is 2. The first-order chi connectivity index (χ1) is 10.6. The molecule has 0 heterocycles. The first-order valence-corrected chi connectivity index (χ1v) is 6.25. The number of hydrogen-bond donors (Lipinski definition) is 2. The smallest absolute Gasteiger partial charge is 0.335 e. The fraction of sp³-hybridized carbons (Fsp3) is 0. The van der Waals surface area contributed by atoms with Crippen LogP contribution in [0.25, 0.3) is 0 Å². The van der Waals surface area contributed by atoms with E-state index >= 15 is 0 Å². The number of benzene rings is 2. The number of carboxylic acid groups (broad SMARTS) is 2. The van der Waals surface area contributed by atoms with Gasteiger partial charge in [0.05, 0.1) is 11.1 Å². The minimum Gasteiger partial charge on any atom is -0.478 e. The monoisotopic (exact) mass is 290 g/mol. The van der Waals surface area contributed by atoms with E-state index < -0.39 is 11.9 Å². The molecule has 2 rings (SSSR count). The highest BCUT2D eigenvalue weighted by Crippen LogP contribution is 2.04. The fourth-order valence-corrected chi connectivity index (χ4v) is 1.60. The molecule has 0 aliphatic carbocycles. The molecule has 4 nitrogen and oxygen atoms in total. The van der Waals surface area contributed by atoms with Crippen molar-refractivity contribution in [2.24, 2.45) is 0 Å². The second kappa shape index (κ2) is 6.78. The van der Waals surface area contributed by atoms with Crippen LogP contribution in [0.2, 0.25) is 0 Å². The molecule has 2 N–H and O–H groups in total. The fourth-order valence-electron chi connectivity index (χ4n) is 1.60. The molecule has 0 saturated heterocycles. The molecule has 22 heavy (non-hydrogen) atoms. The Kier molecular flexibility index (Phi) is 4.59. The van der Waals surface area contributed by atoms with E-state index in [-0.39, 0.29) is 11.1 Å². The highest BCUT2D eigenvalue weighted by molar-refractivity contribution is 5.88. The second-order valence-corrected chi connectivity index (χ2v) is 4.27. The molecule has 0 radical (unpaired) electrons. The number of rotatable bonds is 2. The molecule has 0 unspecified atom stereocenters. The summed E-state index contributed by atoms with van der Waals surface area (Å²) in [5.74, 6) is 8.96. The highest BCUT2D eigenvalue weighted by Gasteiger charge is 2.00. The van der Waals surface area contributed by atoms with Gasteiger partial charge in [-0.3, -0.25) is 0 Å². The van der Waals surface area contributed by atoms with Gasteiger partial charge in [0.2, 0.25) is 0 Å². The zero-order valence-corrected chi connectivity index (χ0v) is 11.3. The summed E-state index contributed by atoms with van der Waals surface area (Å²) < 4.78 is 0. The molecule has 2 aromatic carbocycles. The van der Waals surface area contributed by atoms with E-state index in [9.17, 15) is 9.59 Å². The average Bonchev–Trinajstić information content (AvgIpc) is 2.52. The predicted molar refractivity (Wildman–Crippen MR) is 80.6 cm³/mol. The van der Waals surface area contributed by atoms with Crippen LogP contribution in [0.3, 0.4) is 0 Å². The molecule has 2 aromatic rings. The van der Waals surface area contributed by atoms with Crippen LogP contribution in [0.1, 0.15) is 31.8 Å². The van der Waals surface area contributed by atoms with Crippen molar-refractivity contribution >= 4 is 11.9 Å². The Morgan fingerprint density at radius 2 is 0.955 bits per heavy atom. The average molecular weight is 290 g/mol. The number of aromatic carboxylic acids is 2. The molecular formula is C18H10O4. The molecule has 4 heteroatoms. The van der Waals surface area contributed by atoms with E-state index in [4.69, 9.17) is 10.2 Å². The molecule has 0 aliphatic rings. The lowest BCUT2D eigenvalue weighted by Crippen LogP contribution is -1.94. The van der Waals surface area contributed by atoms with Gasteiger partial charge in [0.1, 0.15) is 0 Å². The molecule has 0 aromatic heterocycles. The molecule has 0 amide bonds. The summed E-state index contributed by atoms with van der Waals surface area (Å²) in [6, 6.07) is 12.3. The summed E-state index contributed by atoms with van der Waals surface area (Å²) in [6.07, 6.45) is 0. The molecular weight excluding hydrogens is 280 g/mol. The molecule has 0 aliphatic heterocycles. The van der Waals surface area contributed by atoms with Crippen molar-refractivity contribution in [2.45, 2.75) is 0 Å². The molecule has 0 bridgehead atoms. The zero-order chi connectivity index (χ0) is 15.9. The first-order valence-electron chi connectivity index (χ1n) is 6.25. The van der Waals surface area contributed by atoms with Gasteiger partial charge in [-0.2, -0.15) is 0 Å². The molecule has 0 atom stereocenters. The van der Waals surface area contributed by atoms with Crippen molar-refractivity contribution < 1.29 is 19.8 Å². The Morgan fingerprint density at radius 3 is 1.23 bits per heavy atom. The third-order valence-electron chi connectivity index (χ3n) is 2.74. The Labute approximate surface area is 127 Å². The maximum Gasteiger partial charge on any atom is 0.335 e. The summed E-state index contributed by atoms with van der Waals surface area (Å²) in [4.78, 5) is 21.4. The summed E-state index contributed by atoms with van der Waals surface area (Å²) in [5.41, 5.74) is 1.74. The summed E-state index contributed by atoms with van der Waals surface area (Å²) in [6.45, 7) is 0. The second-order valence-electron chi connectivity index (χ2n) is 4.27. The standard InChI is InChI=1S/C18H10O4/c19-17(20)15-9-5-13(6-10-15)3-1-2-4-14-7-11-16(12-8-14)18(21)22/h5-12H,(H,19,20)(H,21,22). The van der Waals surface area contributed by atoms with Gasteiger partial charge in [0, 0.05) is 11.1 Å². The minimum atomic E-state index is -0.982. The molecule has 106 valence electrons. The molecule has 0 spiro atoms. The van der Waals surface area contributed by atoms with Crippen molar-refractivity contribution in [3.05, 3.63) is 70.8 Å². The van der Waals surface area contributed by atoms with Gasteiger partial charge in [-0.1, -0.05) is 11.8 Å². The van der Waals surface area contributed by atoms with Crippen molar-refractivity contribution in [2.75, 3.05) is 0 Å². The maximum absolute atomic E-state index is 10.7. The number of hydrogen-bond acceptors (Lipinski definition) is 2. The topological polar surface area (TPSA) is 74.6 Å². The Bertz CT molecular complexity index is 750. The van der Waals surface area contributed by atoms with Gasteiger partial charge in [-0.25, -0.2) is 9.59 Å². The van der Waals surface area contributed by atoms with Crippen molar-refractivity contribution in [1.82, 2.24) is 0 Å². The van der Waals surface area contributed by atoms with E-state index in [0.29, 0.717) is 11.1 Å². The largest absolute Gasteiger partial charge is 0.478 e. The van der Waals surface area contributed by atoms with Crippen LogP contribution in [0.5, 0.6) is 0 Å². The third kappa shape index (κ3) is 4.00. The van der Waals surface area contributed by atoms with Gasteiger partial charge in [-0.05, 0) is 60.4 Å². The van der Waals surface area contributed by atoms with Crippen LogP contribution in [0, 0.1) is 23.7 Å². The lowest BCUT2D eigenvalue weighted by Gasteiger charge is -1.93. The Balaban J connectivity index is 2.07. The zero-order valence-electron chi connectivity index (χ0n) is 11.3. The van der Waals surface area contributed by atoms with Gasteiger partial charge < -0.3 is 10.2 Å². The van der Waals surface area contributed by atoms with E-state index in [1.165, 1.54) is 24.3 Å². The van der Waals surface area contributed by atoms with Gasteiger partial charge in [-0.15, -0.1) is 0 Å². The van der Waals surface area contributed by atoms with Crippen molar-refractivity contribution in [3.8, 4) is 23.7 Å². The normalized spacial score (nSPS) is 8.91. The van der Waals surface area contributed by atoms with Gasteiger partial charge >= 0.3 is 11.9 Å². The predicted octanol–water partition coefficient (Wildman–Crippen LogP) is 2.49. The van der Waals surface area contributed by atoms with Crippen LogP contribution >= 0.6 is 0 Å². The summed E-state index contributed by atoms with van der Waals surface area (Å²) in [5, 5.41) is 17.5. The van der Waals surface area contributed by atoms with Crippen LogP contribution < -0.4 is 0 Å². The summed E-state index contributed by atoms with van der Waals surface area (Å²) >= 11 is 0. The lowest BCUT2D eigenvalue weighted by atomic mass is 10.1. The quantitative estimate of drug-likeness (QED) is 0.833. The van der Waals surface area contributed by atoms with Crippen molar-refractivity contribution in [1.29, 1.82) is 0 Å². The lowest BCUT2D eigenvalue weighted by molar-refractivity contribution is 0.0686. The Morgan fingerprint density at radius 1 is 0.636 bits per heavy atom. The molecule has 0 saturated carbocycles. The number of carbonyl (C=O) groups is 2. The van der Waals surface area contributed by atoms with E-state index in [0.717, 1.165) is 0 Å². The van der Waals surface area contributed by atoms with Gasteiger partial charge in [0.15, 0.2) is 0 Å². The van der Waals surface area contributed by atoms with Crippen LogP contribution in [-0.4, -0.2) is 22.2 Å². The van der Waals surface area contributed by atoms with Crippen molar-refractivity contribution in [3.63, 3.8) is 0 Å². The first kappa shape index (κ1) is 14.9. The van der Waals surface area contributed by atoms with Crippen LogP contribution in [0.15, 0.2) is 48.5 Å². The van der Waals surface area contributed by atoms with Crippen LogP contribution in [0.4, 0.5) is 0 Å². The van der Waals surface area contributed by atoms with Crippen LogP contribution in [-0.2, 0) is 0 Å². The van der Waals surface area contributed by atoms with E-state index in [2.05, 4.69) is 23.7 Å². The Hall–Kier alpha value is -3.50. The SMILES string of the molecule is O=C(O)c1ccc(C#CC#Cc2ccc(C(=O)O)cc2)cc1. The van der Waals surface area contributed by atoms with E-state index in [1.54, 1.807) is 24.3 Å². The van der Waals surface area contributed by atoms with Gasteiger partial charge in [0.25, 0.3) is 0 Å². The summed E-state index contributed by atoms with van der Waals surface area (Å²) in [7, 11) is 0. The highest BCUT2D eigenvalue weighted by atomic mass is 16.4. The van der Waals surface area contributed by atoms with E-state index in [1.807, 2.05) is 0 Å². The molecule has 0 fully saturated rings. The third-order valence-corrected chi connectivity index (χ3v) is 2.74. The maximum atomic E-state index is 10.7.